The number of carbonyl (C=O) groups excluding carboxylic acids is 2. The molecule has 0 unspecified atom stereocenters. The molecule has 1 saturated carbocycles. The molecule has 0 radical (unpaired) electrons. The van der Waals surface area contributed by atoms with E-state index in [9.17, 15) is 9.59 Å². The molecule has 4 N–H and O–H groups in total. The highest BCUT2D eigenvalue weighted by atomic mass is 16.2. The van der Waals surface area contributed by atoms with Gasteiger partial charge in [-0.1, -0.05) is 31.9 Å². The molecule has 1 heterocycles. The number of anilines is 1. The molecule has 7 heteroatoms. The van der Waals surface area contributed by atoms with Crippen molar-refractivity contribution in [1.29, 1.82) is 0 Å². The minimum atomic E-state index is -0.661. The Morgan fingerprint density at radius 2 is 1.96 bits per heavy atom. The summed E-state index contributed by atoms with van der Waals surface area (Å²) in [6.45, 7) is 2.62. The van der Waals surface area contributed by atoms with Gasteiger partial charge < -0.3 is 16.4 Å². The first kappa shape index (κ1) is 17.3. The van der Waals surface area contributed by atoms with Crippen molar-refractivity contribution >= 4 is 23.6 Å². The first-order chi connectivity index (χ1) is 12.0. The fraction of sp³-hybridized carbons (Fsp3) is 0.500. The van der Waals surface area contributed by atoms with Gasteiger partial charge in [0, 0.05) is 5.69 Å². The van der Waals surface area contributed by atoms with Crippen LogP contribution >= 0.6 is 0 Å². The van der Waals surface area contributed by atoms with Gasteiger partial charge in [0.05, 0.1) is 13.1 Å². The number of nitrogens with one attached hydrogen (secondary N) is 2. The third-order valence-corrected chi connectivity index (χ3v) is 4.94. The van der Waals surface area contributed by atoms with Crippen molar-refractivity contribution in [1.82, 2.24) is 10.2 Å². The molecule has 134 valence electrons. The molecule has 1 aromatic carbocycles. The maximum Gasteiger partial charge on any atom is 0.325 e. The van der Waals surface area contributed by atoms with E-state index in [1.165, 1.54) is 10.5 Å². The molecule has 1 aliphatic heterocycles. The number of guanidine groups is 1. The molecule has 7 nitrogen and oxygen atoms in total. The zero-order chi connectivity index (χ0) is 17.9. The van der Waals surface area contributed by atoms with E-state index in [-0.39, 0.29) is 31.0 Å². The van der Waals surface area contributed by atoms with Gasteiger partial charge in [0.25, 0.3) is 5.91 Å². The fourth-order valence-corrected chi connectivity index (χ4v) is 3.48. The van der Waals surface area contributed by atoms with Crippen molar-refractivity contribution in [3.63, 3.8) is 0 Å². The Bertz CT molecular complexity index is 677. The lowest BCUT2D eigenvalue weighted by atomic mass is 9.98. The summed E-state index contributed by atoms with van der Waals surface area (Å²) in [5, 5.41) is 5.87. The van der Waals surface area contributed by atoms with Crippen LogP contribution in [0, 0.1) is 0 Å². The van der Waals surface area contributed by atoms with Gasteiger partial charge in [-0.3, -0.25) is 14.7 Å². The number of hydrogen-bond donors (Lipinski definition) is 3. The van der Waals surface area contributed by atoms with E-state index < -0.39 is 5.54 Å². The third kappa shape index (κ3) is 3.60. The number of amides is 3. The van der Waals surface area contributed by atoms with E-state index in [1.807, 2.05) is 24.3 Å². The van der Waals surface area contributed by atoms with Gasteiger partial charge in [-0.15, -0.1) is 0 Å². The molecule has 1 spiro atoms. The maximum atomic E-state index is 12.5. The quantitative estimate of drug-likeness (QED) is 0.431. The molecule has 1 saturated heterocycles. The normalized spacial score (nSPS) is 19.6. The second-order valence-corrected chi connectivity index (χ2v) is 6.62. The smallest absolute Gasteiger partial charge is 0.325 e. The summed E-state index contributed by atoms with van der Waals surface area (Å²) in [6.07, 6.45) is 4.40. The second-order valence-electron chi connectivity index (χ2n) is 6.62. The summed E-state index contributed by atoms with van der Waals surface area (Å²) >= 11 is 0. The van der Waals surface area contributed by atoms with E-state index in [1.54, 1.807) is 0 Å². The van der Waals surface area contributed by atoms with Gasteiger partial charge in [-0.25, -0.2) is 4.79 Å². The monoisotopic (exact) mass is 343 g/mol. The molecule has 0 aromatic heterocycles. The zero-order valence-electron chi connectivity index (χ0n) is 14.5. The maximum absolute atomic E-state index is 12.5. The van der Waals surface area contributed by atoms with Gasteiger partial charge in [-0.2, -0.15) is 0 Å². The van der Waals surface area contributed by atoms with Crippen molar-refractivity contribution in [3.8, 4) is 0 Å². The number of aliphatic imine (C=N–C) groups is 1. The highest BCUT2D eigenvalue weighted by Gasteiger charge is 2.52. The molecule has 1 aromatic rings. The van der Waals surface area contributed by atoms with Gasteiger partial charge in [0.15, 0.2) is 5.96 Å². The molecule has 3 amide bonds. The Hall–Kier alpha value is -2.57. The molecular weight excluding hydrogens is 318 g/mol. The van der Waals surface area contributed by atoms with E-state index in [0.717, 1.165) is 37.8 Å². The molecule has 2 aliphatic rings. The van der Waals surface area contributed by atoms with Crippen LogP contribution in [0.3, 0.4) is 0 Å². The third-order valence-electron chi connectivity index (χ3n) is 4.94. The van der Waals surface area contributed by atoms with Crippen molar-refractivity contribution in [2.45, 2.75) is 44.6 Å². The van der Waals surface area contributed by atoms with Crippen LogP contribution in [0.5, 0.6) is 0 Å². The topological polar surface area (TPSA) is 99.8 Å². The number of nitrogens with two attached hydrogens (primary N) is 1. The summed E-state index contributed by atoms with van der Waals surface area (Å²) in [4.78, 5) is 30.1. The minimum Gasteiger partial charge on any atom is -0.370 e. The summed E-state index contributed by atoms with van der Waals surface area (Å²) < 4.78 is 0. The summed E-state index contributed by atoms with van der Waals surface area (Å²) in [5.41, 5.74) is 7.33. The van der Waals surface area contributed by atoms with Crippen LogP contribution < -0.4 is 16.4 Å². The molecule has 1 aliphatic carbocycles. The minimum absolute atomic E-state index is 0.119. The van der Waals surface area contributed by atoms with Gasteiger partial charge in [0.2, 0.25) is 0 Å². The Kier molecular flexibility index (Phi) is 4.92. The Morgan fingerprint density at radius 3 is 2.60 bits per heavy atom. The highest BCUT2D eigenvalue weighted by molar-refractivity contribution is 6.07. The predicted molar refractivity (Wildman–Crippen MR) is 97.4 cm³/mol. The van der Waals surface area contributed by atoms with Crippen LogP contribution in [0.2, 0.25) is 0 Å². The van der Waals surface area contributed by atoms with Crippen LogP contribution in [0.15, 0.2) is 29.3 Å². The number of carbonyl (C=O) groups is 2. The average molecular weight is 343 g/mol. The highest BCUT2D eigenvalue weighted by Crippen LogP contribution is 2.34. The Labute approximate surface area is 147 Å². The molecule has 0 atom stereocenters. The van der Waals surface area contributed by atoms with Crippen LogP contribution in [-0.2, 0) is 11.2 Å². The Balaban J connectivity index is 1.53. The second kappa shape index (κ2) is 7.13. The van der Waals surface area contributed by atoms with Crippen molar-refractivity contribution in [2.75, 3.05) is 18.4 Å². The van der Waals surface area contributed by atoms with Crippen LogP contribution in [-0.4, -0.2) is 41.4 Å². The molecule has 3 rings (SSSR count). The number of hydrogen-bond acceptors (Lipinski definition) is 3. The lowest BCUT2D eigenvalue weighted by molar-refractivity contribution is -0.131. The van der Waals surface area contributed by atoms with Gasteiger partial charge >= 0.3 is 6.03 Å². The van der Waals surface area contributed by atoms with Crippen LogP contribution in [0.4, 0.5) is 10.5 Å². The number of imide groups is 1. The number of nitrogens with zero attached hydrogens (tertiary/aromatic N) is 2. The first-order valence-corrected chi connectivity index (χ1v) is 8.84. The lowest BCUT2D eigenvalue weighted by Gasteiger charge is -2.19. The number of urea groups is 1. The summed E-state index contributed by atoms with van der Waals surface area (Å²) in [5.74, 6) is 0.152. The molecular formula is C18H25N5O2. The summed E-state index contributed by atoms with van der Waals surface area (Å²) in [7, 11) is 0. The predicted octanol–water partition coefficient (Wildman–Crippen LogP) is 1.84. The van der Waals surface area contributed by atoms with Gasteiger partial charge in [0.1, 0.15) is 5.54 Å². The largest absolute Gasteiger partial charge is 0.370 e. The standard InChI is InChI=1S/C18H25N5O2/c1-2-13-5-7-14(8-6-13)21-16(19)20-11-12-23-15(24)18(22-17(23)25)9-3-4-10-18/h5-8H,2-4,9-12H2,1H3,(H,22,25)(H3,19,20,21). The van der Waals surface area contributed by atoms with Crippen molar-refractivity contribution in [3.05, 3.63) is 29.8 Å². The summed E-state index contributed by atoms with van der Waals surface area (Å²) in [6, 6.07) is 7.64. The number of aryl methyl sites for hydroxylation is 1. The zero-order valence-corrected chi connectivity index (χ0v) is 14.5. The van der Waals surface area contributed by atoms with E-state index in [4.69, 9.17) is 5.73 Å². The Morgan fingerprint density at radius 1 is 1.28 bits per heavy atom. The van der Waals surface area contributed by atoms with Crippen molar-refractivity contribution in [2.24, 2.45) is 10.7 Å². The molecule has 0 bridgehead atoms. The van der Waals surface area contributed by atoms with Crippen molar-refractivity contribution < 1.29 is 9.59 Å². The molecule has 25 heavy (non-hydrogen) atoms. The molecule has 2 fully saturated rings. The SMILES string of the molecule is CCc1ccc(NC(N)=NCCN2C(=O)NC3(CCCC3)C2=O)cc1. The van der Waals surface area contributed by atoms with E-state index in [2.05, 4.69) is 22.5 Å². The number of rotatable bonds is 5. The average Bonchev–Trinajstić information content (AvgIpc) is 3.16. The van der Waals surface area contributed by atoms with E-state index >= 15 is 0 Å². The lowest BCUT2D eigenvalue weighted by Crippen LogP contribution is -2.44. The fourth-order valence-electron chi connectivity index (χ4n) is 3.48. The van der Waals surface area contributed by atoms with Gasteiger partial charge in [-0.05, 0) is 37.0 Å². The van der Waals surface area contributed by atoms with E-state index in [0.29, 0.717) is 0 Å². The number of benzene rings is 1. The van der Waals surface area contributed by atoms with Crippen LogP contribution in [0.1, 0.15) is 38.2 Å². The van der Waals surface area contributed by atoms with Crippen LogP contribution in [0.25, 0.3) is 0 Å². The first-order valence-electron chi connectivity index (χ1n) is 8.84.